The Balaban J connectivity index is 1.08. The maximum absolute atomic E-state index is 12.7. The summed E-state index contributed by atoms with van der Waals surface area (Å²) in [4.78, 5) is 24.1. The number of aromatic nitrogens is 3. The average Bonchev–Trinajstić information content (AvgIpc) is 3.36. The molecule has 0 unspecified atom stereocenters. The quantitative estimate of drug-likeness (QED) is 0.406. The molecule has 0 radical (unpaired) electrons. The molecule has 0 saturated carbocycles. The van der Waals surface area contributed by atoms with Crippen molar-refractivity contribution < 1.29 is 4.79 Å². The van der Waals surface area contributed by atoms with Crippen LogP contribution >= 0.6 is 0 Å². The Labute approximate surface area is 203 Å². The van der Waals surface area contributed by atoms with E-state index in [1.807, 2.05) is 65.2 Å². The van der Waals surface area contributed by atoms with Crippen LogP contribution in [0.5, 0.6) is 0 Å². The van der Waals surface area contributed by atoms with Crippen LogP contribution in [-0.2, 0) is 19.5 Å². The standard InChI is InChI=1S/C29H25N5O/c35-29(23-10-12-25(13-11-23)33-16-15-22-5-1-2-6-24(22)19-33)31-18-21-9-14-28(30-17-21)34-20-32-26-7-3-4-8-27(26)34/h1-14,17,20H,15-16,18-19H2,(H,31,35). The minimum Gasteiger partial charge on any atom is -0.367 e. The van der Waals surface area contributed by atoms with Gasteiger partial charge in [0.25, 0.3) is 5.91 Å². The van der Waals surface area contributed by atoms with E-state index in [1.54, 1.807) is 12.5 Å². The molecule has 2 aromatic heterocycles. The molecule has 172 valence electrons. The van der Waals surface area contributed by atoms with Gasteiger partial charge >= 0.3 is 0 Å². The van der Waals surface area contributed by atoms with E-state index in [0.717, 1.165) is 47.6 Å². The fourth-order valence-corrected chi connectivity index (χ4v) is 4.63. The predicted molar refractivity (Wildman–Crippen MR) is 138 cm³/mol. The molecular formula is C29H25N5O. The molecule has 0 fully saturated rings. The summed E-state index contributed by atoms with van der Waals surface area (Å²) in [5.41, 5.74) is 7.49. The van der Waals surface area contributed by atoms with Gasteiger partial charge in [0.2, 0.25) is 0 Å². The molecule has 1 amide bonds. The minimum atomic E-state index is -0.0924. The Morgan fingerprint density at radius 1 is 0.857 bits per heavy atom. The molecule has 35 heavy (non-hydrogen) atoms. The number of benzene rings is 3. The number of carbonyl (C=O) groups is 1. The highest BCUT2D eigenvalue weighted by Crippen LogP contribution is 2.24. The molecule has 0 saturated heterocycles. The number of hydrogen-bond acceptors (Lipinski definition) is 4. The minimum absolute atomic E-state index is 0.0924. The van der Waals surface area contributed by atoms with Crippen molar-refractivity contribution in [3.8, 4) is 5.82 Å². The summed E-state index contributed by atoms with van der Waals surface area (Å²) in [7, 11) is 0. The van der Waals surface area contributed by atoms with Crippen LogP contribution in [-0.4, -0.2) is 27.0 Å². The van der Waals surface area contributed by atoms with E-state index in [0.29, 0.717) is 12.1 Å². The summed E-state index contributed by atoms with van der Waals surface area (Å²) >= 11 is 0. The molecule has 0 aliphatic carbocycles. The van der Waals surface area contributed by atoms with Gasteiger partial charge in [-0.1, -0.05) is 42.5 Å². The fraction of sp³-hybridized carbons (Fsp3) is 0.138. The molecule has 1 N–H and O–H groups in total. The second-order valence-electron chi connectivity index (χ2n) is 8.80. The molecule has 5 aromatic rings. The molecule has 6 rings (SSSR count). The van der Waals surface area contributed by atoms with Gasteiger partial charge in [-0.15, -0.1) is 0 Å². The van der Waals surface area contributed by atoms with Crippen LogP contribution in [0.15, 0.2) is 97.5 Å². The zero-order chi connectivity index (χ0) is 23.6. The SMILES string of the molecule is O=C(NCc1ccc(-n2cnc3ccccc32)nc1)c1ccc(N2CCc3ccccc3C2)cc1. The van der Waals surface area contributed by atoms with Gasteiger partial charge in [-0.25, -0.2) is 9.97 Å². The summed E-state index contributed by atoms with van der Waals surface area (Å²) < 4.78 is 1.96. The second-order valence-corrected chi connectivity index (χ2v) is 8.80. The van der Waals surface area contributed by atoms with E-state index in [-0.39, 0.29) is 5.91 Å². The van der Waals surface area contributed by atoms with E-state index in [9.17, 15) is 4.79 Å². The van der Waals surface area contributed by atoms with Gasteiger partial charge in [-0.2, -0.15) is 0 Å². The Kier molecular flexibility index (Phi) is 5.47. The summed E-state index contributed by atoms with van der Waals surface area (Å²) in [6, 6.07) is 28.4. The third kappa shape index (κ3) is 4.26. The van der Waals surface area contributed by atoms with Crippen molar-refractivity contribution in [3.05, 3.63) is 120 Å². The normalized spacial score (nSPS) is 13.0. The summed E-state index contributed by atoms with van der Waals surface area (Å²) in [6.45, 7) is 2.31. The molecule has 6 heteroatoms. The number of carbonyl (C=O) groups excluding carboxylic acids is 1. The summed E-state index contributed by atoms with van der Waals surface area (Å²) in [5.74, 6) is 0.704. The highest BCUT2D eigenvalue weighted by Gasteiger charge is 2.16. The van der Waals surface area contributed by atoms with Crippen molar-refractivity contribution in [3.63, 3.8) is 0 Å². The number of imidazole rings is 1. The van der Waals surface area contributed by atoms with Gasteiger partial charge in [0.15, 0.2) is 0 Å². The van der Waals surface area contributed by atoms with E-state index in [1.165, 1.54) is 11.1 Å². The Hall–Kier alpha value is -4.45. The zero-order valence-electron chi connectivity index (χ0n) is 19.3. The maximum atomic E-state index is 12.7. The van der Waals surface area contributed by atoms with Gasteiger partial charge in [0.1, 0.15) is 12.1 Å². The van der Waals surface area contributed by atoms with Crippen molar-refractivity contribution in [2.45, 2.75) is 19.5 Å². The first kappa shape index (κ1) is 21.1. The Morgan fingerprint density at radius 3 is 2.49 bits per heavy atom. The number of nitrogens with one attached hydrogen (secondary N) is 1. The smallest absolute Gasteiger partial charge is 0.251 e. The monoisotopic (exact) mass is 459 g/mol. The molecule has 6 nitrogen and oxygen atoms in total. The summed E-state index contributed by atoms with van der Waals surface area (Å²) in [6.07, 6.45) is 4.62. The first-order chi connectivity index (χ1) is 17.2. The van der Waals surface area contributed by atoms with Crippen LogP contribution in [0.1, 0.15) is 27.0 Å². The third-order valence-corrected chi connectivity index (χ3v) is 6.59. The van der Waals surface area contributed by atoms with Gasteiger partial charge in [-0.3, -0.25) is 9.36 Å². The lowest BCUT2D eigenvalue weighted by Gasteiger charge is -2.30. The van der Waals surface area contributed by atoms with E-state index in [4.69, 9.17) is 0 Å². The first-order valence-electron chi connectivity index (χ1n) is 11.8. The zero-order valence-corrected chi connectivity index (χ0v) is 19.3. The maximum Gasteiger partial charge on any atom is 0.251 e. The molecule has 3 heterocycles. The van der Waals surface area contributed by atoms with Crippen LogP contribution < -0.4 is 10.2 Å². The lowest BCUT2D eigenvalue weighted by molar-refractivity contribution is 0.0951. The number of fused-ring (bicyclic) bond motifs is 2. The molecule has 3 aromatic carbocycles. The predicted octanol–water partition coefficient (Wildman–Crippen LogP) is 4.91. The molecule has 1 aliphatic heterocycles. The number of amides is 1. The average molecular weight is 460 g/mol. The number of rotatable bonds is 5. The number of hydrogen-bond donors (Lipinski definition) is 1. The highest BCUT2D eigenvalue weighted by atomic mass is 16.1. The largest absolute Gasteiger partial charge is 0.367 e. The lowest BCUT2D eigenvalue weighted by atomic mass is 9.99. The molecule has 1 aliphatic rings. The van der Waals surface area contributed by atoms with E-state index in [2.05, 4.69) is 44.5 Å². The molecule has 0 atom stereocenters. The highest BCUT2D eigenvalue weighted by molar-refractivity contribution is 5.94. The van der Waals surface area contributed by atoms with Crippen LogP contribution in [0.25, 0.3) is 16.9 Å². The first-order valence-corrected chi connectivity index (χ1v) is 11.8. The lowest BCUT2D eigenvalue weighted by Crippen LogP contribution is -2.30. The van der Waals surface area contributed by atoms with Crippen molar-refractivity contribution in [1.29, 1.82) is 0 Å². The number of nitrogens with zero attached hydrogens (tertiary/aromatic N) is 4. The Bertz CT molecular complexity index is 1490. The number of anilines is 1. The third-order valence-electron chi connectivity index (χ3n) is 6.59. The van der Waals surface area contributed by atoms with Crippen LogP contribution in [0.2, 0.25) is 0 Å². The van der Waals surface area contributed by atoms with E-state index < -0.39 is 0 Å². The molecule has 0 bridgehead atoms. The van der Waals surface area contributed by atoms with Crippen LogP contribution in [0, 0.1) is 0 Å². The van der Waals surface area contributed by atoms with Crippen LogP contribution in [0.4, 0.5) is 5.69 Å². The number of para-hydroxylation sites is 2. The van der Waals surface area contributed by atoms with Crippen molar-refractivity contribution in [2.24, 2.45) is 0 Å². The van der Waals surface area contributed by atoms with Gasteiger partial charge in [0, 0.05) is 37.1 Å². The number of pyridine rings is 1. The van der Waals surface area contributed by atoms with Crippen LogP contribution in [0.3, 0.4) is 0 Å². The van der Waals surface area contributed by atoms with Gasteiger partial charge < -0.3 is 10.2 Å². The fourth-order valence-electron chi connectivity index (χ4n) is 4.63. The van der Waals surface area contributed by atoms with Crippen molar-refractivity contribution >= 4 is 22.6 Å². The van der Waals surface area contributed by atoms with Gasteiger partial charge in [-0.05, 0) is 65.6 Å². The topological polar surface area (TPSA) is 63.1 Å². The summed E-state index contributed by atoms with van der Waals surface area (Å²) in [5, 5.41) is 3.00. The second kappa shape index (κ2) is 9.06. The molecular weight excluding hydrogens is 434 g/mol. The molecule has 0 spiro atoms. The van der Waals surface area contributed by atoms with E-state index >= 15 is 0 Å². The van der Waals surface area contributed by atoms with Crippen molar-refractivity contribution in [1.82, 2.24) is 19.9 Å². The van der Waals surface area contributed by atoms with Gasteiger partial charge in [0.05, 0.1) is 11.0 Å². The van der Waals surface area contributed by atoms with Crippen molar-refractivity contribution in [2.75, 3.05) is 11.4 Å². The Morgan fingerprint density at radius 2 is 1.66 bits per heavy atom.